The van der Waals surface area contributed by atoms with Gasteiger partial charge in [-0.2, -0.15) is 0 Å². The number of nitrogens with zero attached hydrogens (tertiary/aromatic N) is 2. The Labute approximate surface area is 224 Å². The number of imidazole rings is 1. The molecule has 0 unspecified atom stereocenters. The zero-order valence-corrected chi connectivity index (χ0v) is 21.6. The normalized spacial score (nSPS) is 11.8. The molecule has 0 spiro atoms. The van der Waals surface area contributed by atoms with Crippen LogP contribution in [0.4, 0.5) is 0 Å². The minimum Gasteiger partial charge on any atom is -0.464 e. The topological polar surface area (TPSA) is 44.1 Å². The molecular weight excluding hydrogens is 480 g/mol. The van der Waals surface area contributed by atoms with Crippen LogP contribution in [0.15, 0.2) is 118 Å². The van der Waals surface area contributed by atoms with Crippen LogP contribution in [0.5, 0.6) is 0 Å². The van der Waals surface area contributed by atoms with Crippen LogP contribution < -0.4 is 0 Å². The van der Waals surface area contributed by atoms with Gasteiger partial charge in [0.15, 0.2) is 0 Å². The Hall–Kier alpha value is -5.09. The molecule has 3 aromatic heterocycles. The van der Waals surface area contributed by atoms with E-state index in [2.05, 4.69) is 91.2 Å². The Morgan fingerprint density at radius 1 is 0.641 bits per heavy atom. The van der Waals surface area contributed by atoms with Gasteiger partial charge in [0.05, 0.1) is 22.3 Å². The highest BCUT2D eigenvalue weighted by atomic mass is 16.3. The van der Waals surface area contributed by atoms with Gasteiger partial charge in [-0.1, -0.05) is 54.6 Å². The number of aryl methyl sites for hydroxylation is 2. The van der Waals surface area contributed by atoms with Crippen molar-refractivity contribution in [1.29, 1.82) is 0 Å². The maximum absolute atomic E-state index is 6.23. The average Bonchev–Trinajstić information content (AvgIpc) is 3.65. The van der Waals surface area contributed by atoms with Crippen LogP contribution in [-0.4, -0.2) is 9.55 Å². The monoisotopic (exact) mass is 504 g/mol. The third-order valence-electron chi connectivity index (χ3n) is 7.77. The van der Waals surface area contributed by atoms with Gasteiger partial charge in [-0.15, -0.1) is 0 Å². The van der Waals surface area contributed by atoms with Gasteiger partial charge in [-0.25, -0.2) is 4.98 Å². The summed E-state index contributed by atoms with van der Waals surface area (Å²) in [5.74, 6) is 0.838. The Bertz CT molecular complexity index is 2190. The van der Waals surface area contributed by atoms with Gasteiger partial charge in [-0.05, 0) is 78.6 Å². The van der Waals surface area contributed by atoms with Crippen molar-refractivity contribution in [3.05, 3.63) is 121 Å². The lowest BCUT2D eigenvalue weighted by Crippen LogP contribution is -1.97. The fourth-order valence-electron chi connectivity index (χ4n) is 5.95. The second-order valence-corrected chi connectivity index (χ2v) is 10.2. The summed E-state index contributed by atoms with van der Waals surface area (Å²) >= 11 is 0. The SMILES string of the molecule is Cc1cccc(C)c1-c1ccc2c(-c3nc4ccccc4n3-c3ccc4c(c3)oc3ccccc34)coc2c1. The molecule has 5 aromatic carbocycles. The van der Waals surface area contributed by atoms with Crippen molar-refractivity contribution in [3.63, 3.8) is 0 Å². The first-order valence-electron chi connectivity index (χ1n) is 13.1. The number of para-hydroxylation sites is 3. The molecule has 0 saturated heterocycles. The fraction of sp³-hybridized carbons (Fsp3) is 0.0571. The van der Waals surface area contributed by atoms with E-state index in [4.69, 9.17) is 13.8 Å². The standard InChI is InChI=1S/C35H24N2O2/c1-21-8-7-9-22(2)34(21)23-14-16-27-28(20-38-32(27)18-23)35-36-29-11-4-5-12-30(29)37(35)24-15-17-26-25-10-3-6-13-31(25)39-33(26)19-24/h3-20H,1-2H3. The molecule has 0 aliphatic rings. The summed E-state index contributed by atoms with van der Waals surface area (Å²) in [4.78, 5) is 5.09. The van der Waals surface area contributed by atoms with Crippen molar-refractivity contribution in [2.45, 2.75) is 13.8 Å². The van der Waals surface area contributed by atoms with E-state index in [1.807, 2.05) is 36.6 Å². The predicted molar refractivity (Wildman–Crippen MR) is 158 cm³/mol. The summed E-state index contributed by atoms with van der Waals surface area (Å²) in [7, 11) is 0. The van der Waals surface area contributed by atoms with Crippen molar-refractivity contribution >= 4 is 43.9 Å². The smallest absolute Gasteiger partial charge is 0.149 e. The Morgan fingerprint density at radius 3 is 2.31 bits per heavy atom. The van der Waals surface area contributed by atoms with Gasteiger partial charge < -0.3 is 8.83 Å². The van der Waals surface area contributed by atoms with Gasteiger partial charge in [0.25, 0.3) is 0 Å². The summed E-state index contributed by atoms with van der Waals surface area (Å²) in [6.45, 7) is 4.31. The number of furan rings is 2. The molecule has 0 atom stereocenters. The van der Waals surface area contributed by atoms with Crippen molar-refractivity contribution < 1.29 is 8.83 Å². The molecule has 0 aliphatic carbocycles. The largest absolute Gasteiger partial charge is 0.464 e. The Kier molecular flexibility index (Phi) is 4.62. The maximum Gasteiger partial charge on any atom is 0.149 e. The third-order valence-corrected chi connectivity index (χ3v) is 7.77. The van der Waals surface area contributed by atoms with Crippen molar-refractivity contribution in [3.8, 4) is 28.2 Å². The molecule has 0 saturated carbocycles. The molecule has 8 aromatic rings. The van der Waals surface area contributed by atoms with Crippen LogP contribution in [0, 0.1) is 13.8 Å². The molecule has 0 fully saturated rings. The lowest BCUT2D eigenvalue weighted by atomic mass is 9.95. The predicted octanol–water partition coefficient (Wildman–Crippen LogP) is 9.62. The van der Waals surface area contributed by atoms with Gasteiger partial charge in [0, 0.05) is 22.2 Å². The van der Waals surface area contributed by atoms with E-state index in [1.54, 1.807) is 0 Å². The van der Waals surface area contributed by atoms with E-state index >= 15 is 0 Å². The van der Waals surface area contributed by atoms with Crippen LogP contribution in [0.3, 0.4) is 0 Å². The summed E-state index contributed by atoms with van der Waals surface area (Å²) in [6.07, 6.45) is 1.83. The molecule has 4 heteroatoms. The minimum atomic E-state index is 0.838. The molecule has 0 amide bonds. The van der Waals surface area contributed by atoms with E-state index in [-0.39, 0.29) is 0 Å². The second kappa shape index (κ2) is 8.20. The molecule has 0 aliphatic heterocycles. The quantitative estimate of drug-likeness (QED) is 0.241. The van der Waals surface area contributed by atoms with E-state index in [0.29, 0.717) is 0 Å². The molecule has 186 valence electrons. The van der Waals surface area contributed by atoms with Crippen LogP contribution in [-0.2, 0) is 0 Å². The molecule has 4 nitrogen and oxygen atoms in total. The van der Waals surface area contributed by atoms with Gasteiger partial charge in [0.1, 0.15) is 28.8 Å². The van der Waals surface area contributed by atoms with Gasteiger partial charge in [0.2, 0.25) is 0 Å². The molecule has 0 bridgehead atoms. The van der Waals surface area contributed by atoms with Crippen LogP contribution in [0.2, 0.25) is 0 Å². The zero-order valence-electron chi connectivity index (χ0n) is 21.6. The van der Waals surface area contributed by atoms with Crippen molar-refractivity contribution in [2.24, 2.45) is 0 Å². The first-order valence-corrected chi connectivity index (χ1v) is 13.1. The molecule has 3 heterocycles. The van der Waals surface area contributed by atoms with Gasteiger partial charge in [-0.3, -0.25) is 4.57 Å². The lowest BCUT2D eigenvalue weighted by Gasteiger charge is -2.10. The van der Waals surface area contributed by atoms with Crippen LogP contribution in [0.25, 0.3) is 72.1 Å². The molecular formula is C35H24N2O2. The number of hydrogen-bond acceptors (Lipinski definition) is 3. The average molecular weight is 505 g/mol. The summed E-state index contributed by atoms with van der Waals surface area (Å²) < 4.78 is 14.6. The highest BCUT2D eigenvalue weighted by Gasteiger charge is 2.20. The first-order chi connectivity index (χ1) is 19.2. The highest BCUT2D eigenvalue weighted by Crippen LogP contribution is 2.38. The minimum absolute atomic E-state index is 0.838. The van der Waals surface area contributed by atoms with Crippen LogP contribution in [0.1, 0.15) is 11.1 Å². The molecule has 8 rings (SSSR count). The van der Waals surface area contributed by atoms with E-state index in [9.17, 15) is 0 Å². The molecule has 0 radical (unpaired) electrons. The van der Waals surface area contributed by atoms with Gasteiger partial charge >= 0.3 is 0 Å². The molecule has 0 N–H and O–H groups in total. The zero-order chi connectivity index (χ0) is 26.1. The van der Waals surface area contributed by atoms with E-state index < -0.39 is 0 Å². The second-order valence-electron chi connectivity index (χ2n) is 10.2. The number of fused-ring (bicyclic) bond motifs is 5. The highest BCUT2D eigenvalue weighted by molar-refractivity contribution is 6.05. The van der Waals surface area contributed by atoms with Crippen LogP contribution >= 0.6 is 0 Å². The first kappa shape index (κ1) is 21.9. The van der Waals surface area contributed by atoms with Crippen molar-refractivity contribution in [2.75, 3.05) is 0 Å². The summed E-state index contributed by atoms with van der Waals surface area (Å²) in [6, 6.07) is 35.7. The lowest BCUT2D eigenvalue weighted by molar-refractivity contribution is 0.616. The fourth-order valence-corrected chi connectivity index (χ4v) is 5.95. The van der Waals surface area contributed by atoms with E-state index in [1.165, 1.54) is 16.7 Å². The van der Waals surface area contributed by atoms with Crippen molar-refractivity contribution in [1.82, 2.24) is 9.55 Å². The Balaban J connectivity index is 1.34. The number of rotatable bonds is 3. The number of hydrogen-bond donors (Lipinski definition) is 0. The molecule has 39 heavy (non-hydrogen) atoms. The Morgan fingerprint density at radius 2 is 1.41 bits per heavy atom. The summed E-state index contributed by atoms with van der Waals surface area (Å²) in [5, 5.41) is 3.26. The summed E-state index contributed by atoms with van der Waals surface area (Å²) in [5.41, 5.74) is 11.4. The number of aromatic nitrogens is 2. The van der Waals surface area contributed by atoms with E-state index in [0.717, 1.165) is 66.6 Å². The number of benzene rings is 5. The maximum atomic E-state index is 6.23. The third kappa shape index (κ3) is 3.28.